The zero-order valence-corrected chi connectivity index (χ0v) is 35.5. The third-order valence-electron chi connectivity index (χ3n) is 11.7. The van der Waals surface area contributed by atoms with Crippen molar-refractivity contribution in [2.45, 2.75) is 24.0 Å². The molecular weight excluding hydrogens is 827 g/mol. The molecule has 7 aromatic carbocycles. The van der Waals surface area contributed by atoms with Crippen molar-refractivity contribution < 1.29 is 0 Å². The van der Waals surface area contributed by atoms with Crippen LogP contribution in [-0.4, -0.2) is 14.8 Å². The van der Waals surface area contributed by atoms with Crippen molar-refractivity contribution in [3.63, 3.8) is 0 Å². The molecule has 0 spiro atoms. The largest absolute Gasteiger partial charge is 0.353 e. The van der Waals surface area contributed by atoms with Gasteiger partial charge in [0.2, 0.25) is 0 Å². The smallest absolute Gasteiger partial charge is 0.173 e. The molecule has 0 fully saturated rings. The van der Waals surface area contributed by atoms with Crippen LogP contribution in [0.3, 0.4) is 0 Å². The predicted molar refractivity (Wildman–Crippen MR) is 254 cm³/mol. The van der Waals surface area contributed by atoms with E-state index in [9.17, 15) is 0 Å². The molecule has 3 heterocycles. The molecule has 3 N–H and O–H groups in total. The summed E-state index contributed by atoms with van der Waals surface area (Å²) in [6, 6.07) is 74.6. The second-order valence-corrected chi connectivity index (χ2v) is 16.5. The quantitative estimate of drug-likeness (QED) is 0.100. The monoisotopic (exact) mass is 869 g/mol. The van der Waals surface area contributed by atoms with Crippen LogP contribution in [0.5, 0.6) is 0 Å². The molecule has 9 aromatic rings. The standard InChI is InChI=1S/C54H44BrN7/c55-49-33-19-20-40(35-49)38-61-39-41(37-56-61)34-42-36-50(58-53(43-21-7-1-8-22-43,44-23-9-2-10-24-44)45-25-11-3-12-26-45)57-52-51(42)59-60-62(52)54(46-27-13-4-14-28-46,47-29-15-5-16-30-47)48-31-17-6-18-32-48/h1-33,35-37,39,59-60H,34,38H2,(H,57,58). The van der Waals surface area contributed by atoms with Crippen molar-refractivity contribution in [2.75, 3.05) is 15.8 Å². The molecule has 0 atom stereocenters. The van der Waals surface area contributed by atoms with Crippen molar-refractivity contribution in [1.82, 2.24) is 20.3 Å². The lowest BCUT2D eigenvalue weighted by Gasteiger charge is -2.43. The van der Waals surface area contributed by atoms with E-state index in [1.807, 2.05) is 16.9 Å². The summed E-state index contributed by atoms with van der Waals surface area (Å²) in [5, 5.41) is 11.2. The minimum atomic E-state index is -0.852. The number of aromatic nitrogens is 3. The van der Waals surface area contributed by atoms with E-state index in [0.717, 1.165) is 66.3 Å². The Bertz CT molecular complexity index is 2700. The number of anilines is 3. The van der Waals surface area contributed by atoms with Gasteiger partial charge in [-0.15, -0.1) is 5.53 Å². The highest BCUT2D eigenvalue weighted by Gasteiger charge is 2.47. The number of hydrogen-bond donors (Lipinski definition) is 3. The van der Waals surface area contributed by atoms with Gasteiger partial charge < -0.3 is 5.32 Å². The number of nitrogens with one attached hydrogen (secondary N) is 3. The van der Waals surface area contributed by atoms with Crippen molar-refractivity contribution >= 4 is 33.3 Å². The highest BCUT2D eigenvalue weighted by atomic mass is 79.9. The van der Waals surface area contributed by atoms with Crippen LogP contribution < -0.4 is 21.3 Å². The first kappa shape index (κ1) is 38.9. The van der Waals surface area contributed by atoms with Crippen LogP contribution >= 0.6 is 15.9 Å². The van der Waals surface area contributed by atoms with Crippen molar-refractivity contribution in [1.29, 1.82) is 0 Å². The Balaban J connectivity index is 1.19. The van der Waals surface area contributed by atoms with Gasteiger partial charge in [-0.25, -0.2) is 4.98 Å². The highest BCUT2D eigenvalue weighted by Crippen LogP contribution is 2.49. The molecule has 0 saturated carbocycles. The normalized spacial score (nSPS) is 12.4. The summed E-state index contributed by atoms with van der Waals surface area (Å²) in [7, 11) is 0. The number of rotatable bonds is 13. The van der Waals surface area contributed by atoms with Gasteiger partial charge in [-0.1, -0.05) is 210 Å². The summed E-state index contributed by atoms with van der Waals surface area (Å²) in [6.45, 7) is 0.662. The summed E-state index contributed by atoms with van der Waals surface area (Å²) >= 11 is 3.63. The number of halogens is 1. The van der Waals surface area contributed by atoms with Crippen LogP contribution in [0.15, 0.2) is 229 Å². The number of benzene rings is 7. The van der Waals surface area contributed by atoms with E-state index in [2.05, 4.69) is 250 Å². The van der Waals surface area contributed by atoms with Gasteiger partial charge in [-0.2, -0.15) is 5.10 Å². The maximum Gasteiger partial charge on any atom is 0.173 e. The lowest BCUT2D eigenvalue weighted by atomic mass is 9.76. The molecule has 10 rings (SSSR count). The lowest BCUT2D eigenvalue weighted by Crippen LogP contribution is -2.54. The summed E-state index contributed by atoms with van der Waals surface area (Å²) in [6.07, 6.45) is 4.72. The van der Waals surface area contributed by atoms with Gasteiger partial charge in [0, 0.05) is 17.1 Å². The van der Waals surface area contributed by atoms with E-state index in [1.54, 1.807) is 0 Å². The van der Waals surface area contributed by atoms with Gasteiger partial charge in [-0.3, -0.25) is 15.1 Å². The number of nitrogens with zero attached hydrogens (tertiary/aromatic N) is 4. The summed E-state index contributed by atoms with van der Waals surface area (Å²) in [5.74, 6) is 1.47. The molecule has 0 bridgehead atoms. The van der Waals surface area contributed by atoms with Crippen LogP contribution in [-0.2, 0) is 24.0 Å². The fourth-order valence-electron chi connectivity index (χ4n) is 9.02. The Kier molecular flexibility index (Phi) is 10.7. The van der Waals surface area contributed by atoms with E-state index < -0.39 is 11.1 Å². The van der Waals surface area contributed by atoms with Crippen LogP contribution in [0, 0.1) is 0 Å². The topological polar surface area (TPSA) is 70.0 Å². The summed E-state index contributed by atoms with van der Waals surface area (Å²) < 4.78 is 3.06. The van der Waals surface area contributed by atoms with Crippen molar-refractivity contribution in [3.8, 4) is 0 Å². The van der Waals surface area contributed by atoms with Gasteiger partial charge in [0.15, 0.2) is 5.82 Å². The SMILES string of the molecule is Brc1cccc(Cn2cc(Cc3cc(NC(c4ccccc4)(c4ccccc4)c4ccccc4)nc4c3NNN4C(c3ccccc3)(c3ccccc3)c3ccccc3)cn2)c1. The van der Waals surface area contributed by atoms with E-state index in [4.69, 9.17) is 10.1 Å². The van der Waals surface area contributed by atoms with Gasteiger partial charge >= 0.3 is 0 Å². The molecule has 8 heteroatoms. The highest BCUT2D eigenvalue weighted by molar-refractivity contribution is 9.10. The first-order valence-electron chi connectivity index (χ1n) is 20.8. The van der Waals surface area contributed by atoms with Crippen LogP contribution in [0.2, 0.25) is 0 Å². The maximum absolute atomic E-state index is 5.67. The number of fused-ring (bicyclic) bond motifs is 1. The van der Waals surface area contributed by atoms with E-state index >= 15 is 0 Å². The fraction of sp³-hybridized carbons (Fsp3) is 0.0741. The van der Waals surface area contributed by atoms with Crippen LogP contribution in [0.25, 0.3) is 0 Å². The van der Waals surface area contributed by atoms with Crippen molar-refractivity contribution in [2.24, 2.45) is 0 Å². The Labute approximate surface area is 370 Å². The van der Waals surface area contributed by atoms with Gasteiger partial charge in [0.05, 0.1) is 18.4 Å². The molecule has 1 aliphatic heterocycles. The fourth-order valence-corrected chi connectivity index (χ4v) is 9.46. The minimum Gasteiger partial charge on any atom is -0.353 e. The zero-order chi connectivity index (χ0) is 41.8. The Morgan fingerprint density at radius 3 is 1.50 bits per heavy atom. The predicted octanol–water partition coefficient (Wildman–Crippen LogP) is 11.7. The number of pyridine rings is 1. The van der Waals surface area contributed by atoms with Crippen LogP contribution in [0.1, 0.15) is 50.1 Å². The average Bonchev–Trinajstić information content (AvgIpc) is 3.97. The second-order valence-electron chi connectivity index (χ2n) is 15.6. The van der Waals surface area contributed by atoms with Gasteiger partial charge in [0.1, 0.15) is 16.9 Å². The van der Waals surface area contributed by atoms with Crippen LogP contribution in [0.4, 0.5) is 17.3 Å². The molecule has 0 saturated heterocycles. The average molecular weight is 871 g/mol. The molecule has 0 radical (unpaired) electrons. The second kappa shape index (κ2) is 17.0. The van der Waals surface area contributed by atoms with E-state index in [1.165, 1.54) is 5.56 Å². The number of hydrogen-bond acceptors (Lipinski definition) is 6. The molecule has 0 aliphatic carbocycles. The first-order valence-corrected chi connectivity index (χ1v) is 21.6. The molecule has 302 valence electrons. The van der Waals surface area contributed by atoms with E-state index in [0.29, 0.717) is 13.0 Å². The minimum absolute atomic E-state index is 0.602. The molecule has 62 heavy (non-hydrogen) atoms. The van der Waals surface area contributed by atoms with Crippen molar-refractivity contribution in [3.05, 3.63) is 279 Å². The zero-order valence-electron chi connectivity index (χ0n) is 33.9. The molecule has 1 aliphatic rings. The maximum atomic E-state index is 5.67. The molecule has 2 aromatic heterocycles. The molecule has 7 nitrogen and oxygen atoms in total. The molecular formula is C54H44BrN7. The molecule has 0 unspecified atom stereocenters. The Morgan fingerprint density at radius 1 is 0.532 bits per heavy atom. The molecule has 0 amide bonds. The van der Waals surface area contributed by atoms with Gasteiger partial charge in [0.25, 0.3) is 0 Å². The first-order chi connectivity index (χ1) is 30.6. The Morgan fingerprint density at radius 2 is 1.02 bits per heavy atom. The third kappa shape index (κ3) is 7.23. The summed E-state index contributed by atoms with van der Waals surface area (Å²) in [5.41, 5.74) is 16.4. The van der Waals surface area contributed by atoms with Gasteiger partial charge in [-0.05, 0) is 68.3 Å². The van der Waals surface area contributed by atoms with E-state index in [-0.39, 0.29) is 0 Å². The third-order valence-corrected chi connectivity index (χ3v) is 12.2. The summed E-state index contributed by atoms with van der Waals surface area (Å²) in [4.78, 5) is 5.67. The number of hydrazine groups is 2. The Hall–Kier alpha value is -7.26. The lowest BCUT2D eigenvalue weighted by molar-refractivity contribution is 0.517.